The maximum atomic E-state index is 12.2. The molecule has 6 nitrogen and oxygen atoms in total. The Morgan fingerprint density at radius 1 is 1.38 bits per heavy atom. The predicted molar refractivity (Wildman–Crippen MR) is 108 cm³/mol. The molecule has 162 valence electrons. The topological polar surface area (TPSA) is 93.1 Å². The normalized spacial score (nSPS) is 41.2. The van der Waals surface area contributed by atoms with Crippen LogP contribution in [0.3, 0.4) is 0 Å². The first-order chi connectivity index (χ1) is 13.7. The SMILES string of the molecule is C=C1CCC2[C@](C)(CO)C(O)CC[C@]2(C)[C@H]1C/C=C1/C(=O)OCC1OC(=O)CC. The molecule has 3 fully saturated rings. The van der Waals surface area contributed by atoms with E-state index in [0.29, 0.717) is 18.4 Å². The minimum absolute atomic E-state index is 0.0456. The molecular formula is C23H34O6. The summed E-state index contributed by atoms with van der Waals surface area (Å²) in [5, 5.41) is 20.7. The summed E-state index contributed by atoms with van der Waals surface area (Å²) in [4.78, 5) is 23.9. The number of hydrogen-bond acceptors (Lipinski definition) is 6. The van der Waals surface area contributed by atoms with E-state index < -0.39 is 23.6 Å². The predicted octanol–water partition coefficient (Wildman–Crippen LogP) is 2.92. The van der Waals surface area contributed by atoms with Gasteiger partial charge in [0.05, 0.1) is 18.3 Å². The van der Waals surface area contributed by atoms with Crippen LogP contribution in [0, 0.1) is 22.7 Å². The third-order valence-corrected chi connectivity index (χ3v) is 7.78. The third kappa shape index (κ3) is 3.77. The van der Waals surface area contributed by atoms with Gasteiger partial charge in [0.15, 0.2) is 6.10 Å². The van der Waals surface area contributed by atoms with Crippen molar-refractivity contribution in [1.29, 1.82) is 0 Å². The molecular weight excluding hydrogens is 372 g/mol. The first-order valence-electron chi connectivity index (χ1n) is 10.7. The van der Waals surface area contributed by atoms with Crippen molar-refractivity contribution in [1.82, 2.24) is 0 Å². The molecule has 1 aliphatic heterocycles. The average Bonchev–Trinajstić information content (AvgIpc) is 3.03. The van der Waals surface area contributed by atoms with Gasteiger partial charge in [0.2, 0.25) is 0 Å². The van der Waals surface area contributed by atoms with Gasteiger partial charge in [-0.05, 0) is 49.4 Å². The number of esters is 2. The maximum absolute atomic E-state index is 12.2. The highest BCUT2D eigenvalue weighted by molar-refractivity contribution is 5.92. The summed E-state index contributed by atoms with van der Waals surface area (Å²) in [5.74, 6) is -0.487. The fourth-order valence-corrected chi connectivity index (χ4v) is 5.89. The number of carbonyl (C=O) groups excluding carboxylic acids is 2. The molecule has 0 aromatic rings. The summed E-state index contributed by atoms with van der Waals surface area (Å²) in [7, 11) is 0. The van der Waals surface area contributed by atoms with Crippen LogP contribution in [0.4, 0.5) is 0 Å². The molecule has 0 amide bonds. The quantitative estimate of drug-likeness (QED) is 0.414. The second-order valence-electron chi connectivity index (χ2n) is 9.35. The molecule has 0 spiro atoms. The molecule has 6 heteroatoms. The van der Waals surface area contributed by atoms with Gasteiger partial charge in [0.1, 0.15) is 6.61 Å². The van der Waals surface area contributed by atoms with Gasteiger partial charge in [-0.1, -0.05) is 39.0 Å². The van der Waals surface area contributed by atoms with Crippen molar-refractivity contribution in [3.8, 4) is 0 Å². The van der Waals surface area contributed by atoms with Crippen LogP contribution in [-0.2, 0) is 19.1 Å². The van der Waals surface area contributed by atoms with Crippen LogP contribution >= 0.6 is 0 Å². The summed E-state index contributed by atoms with van der Waals surface area (Å²) in [6.07, 6.45) is 4.78. The Morgan fingerprint density at radius 2 is 2.10 bits per heavy atom. The zero-order chi connectivity index (χ0) is 21.4. The van der Waals surface area contributed by atoms with E-state index >= 15 is 0 Å². The molecule has 3 rings (SSSR count). The van der Waals surface area contributed by atoms with Crippen molar-refractivity contribution < 1.29 is 29.3 Å². The Morgan fingerprint density at radius 3 is 2.76 bits per heavy atom. The van der Waals surface area contributed by atoms with E-state index in [1.165, 1.54) is 0 Å². The van der Waals surface area contributed by atoms with E-state index in [-0.39, 0.29) is 42.9 Å². The molecule has 0 aromatic heterocycles. The zero-order valence-corrected chi connectivity index (χ0v) is 17.8. The van der Waals surface area contributed by atoms with E-state index in [1.54, 1.807) is 6.92 Å². The van der Waals surface area contributed by atoms with Gasteiger partial charge in [0, 0.05) is 11.8 Å². The molecule has 2 saturated carbocycles. The number of aliphatic hydroxyl groups excluding tert-OH is 2. The molecule has 2 N–H and O–H groups in total. The summed E-state index contributed by atoms with van der Waals surface area (Å²) < 4.78 is 10.5. The Labute approximate surface area is 173 Å². The van der Waals surface area contributed by atoms with Gasteiger partial charge < -0.3 is 19.7 Å². The summed E-state index contributed by atoms with van der Waals surface area (Å²) in [6.45, 7) is 10.3. The number of hydrogen-bond donors (Lipinski definition) is 2. The highest BCUT2D eigenvalue weighted by Gasteiger charge is 2.57. The van der Waals surface area contributed by atoms with Crippen molar-refractivity contribution in [2.75, 3.05) is 13.2 Å². The monoisotopic (exact) mass is 406 g/mol. The number of fused-ring (bicyclic) bond motifs is 1. The molecule has 0 bridgehead atoms. The van der Waals surface area contributed by atoms with Crippen LogP contribution in [0.15, 0.2) is 23.8 Å². The molecule has 1 saturated heterocycles. The number of aliphatic hydroxyl groups is 2. The fourth-order valence-electron chi connectivity index (χ4n) is 5.89. The standard InChI is InChI=1S/C23H34O6/c1-5-20(26)29-17-12-28-21(27)15(17)7-8-16-14(2)6-9-18-22(16,3)11-10-19(25)23(18,4)13-24/h7,16-19,24-25H,2,5-6,8-13H2,1,3-4H3/b15-7+/t16-,17?,18?,19?,22+,23-/m0/s1. The largest absolute Gasteiger partial charge is 0.458 e. The lowest BCUT2D eigenvalue weighted by Crippen LogP contribution is -2.57. The third-order valence-electron chi connectivity index (χ3n) is 7.78. The van der Waals surface area contributed by atoms with Gasteiger partial charge in [-0.2, -0.15) is 0 Å². The maximum Gasteiger partial charge on any atom is 0.337 e. The van der Waals surface area contributed by atoms with E-state index in [9.17, 15) is 19.8 Å². The van der Waals surface area contributed by atoms with Gasteiger partial charge in [0.25, 0.3) is 0 Å². The second-order valence-corrected chi connectivity index (χ2v) is 9.35. The van der Waals surface area contributed by atoms with E-state index in [0.717, 1.165) is 24.8 Å². The van der Waals surface area contributed by atoms with Crippen LogP contribution in [0.25, 0.3) is 0 Å². The van der Waals surface area contributed by atoms with Crippen molar-refractivity contribution >= 4 is 11.9 Å². The van der Waals surface area contributed by atoms with E-state index in [4.69, 9.17) is 9.47 Å². The Bertz CT molecular complexity index is 712. The van der Waals surface area contributed by atoms with Crippen molar-refractivity contribution in [3.05, 3.63) is 23.8 Å². The second kappa shape index (κ2) is 8.23. The van der Waals surface area contributed by atoms with Gasteiger partial charge in [-0.25, -0.2) is 4.79 Å². The first-order valence-corrected chi connectivity index (χ1v) is 10.7. The molecule has 6 atom stereocenters. The number of carbonyl (C=O) groups is 2. The molecule has 1 heterocycles. The Kier molecular flexibility index (Phi) is 6.25. The summed E-state index contributed by atoms with van der Waals surface area (Å²) in [6, 6.07) is 0. The van der Waals surface area contributed by atoms with Crippen LogP contribution < -0.4 is 0 Å². The lowest BCUT2D eigenvalue weighted by atomic mass is 9.46. The van der Waals surface area contributed by atoms with Crippen LogP contribution in [-0.4, -0.2) is 47.6 Å². The molecule has 3 unspecified atom stereocenters. The molecule has 0 radical (unpaired) electrons. The van der Waals surface area contributed by atoms with Crippen LogP contribution in [0.1, 0.15) is 59.3 Å². The Balaban J connectivity index is 1.85. The highest BCUT2D eigenvalue weighted by atomic mass is 16.6. The number of rotatable bonds is 5. The zero-order valence-electron chi connectivity index (χ0n) is 17.8. The number of ether oxygens (including phenoxy) is 2. The van der Waals surface area contributed by atoms with Crippen molar-refractivity contribution in [2.24, 2.45) is 22.7 Å². The average molecular weight is 407 g/mol. The van der Waals surface area contributed by atoms with Crippen LogP contribution in [0.2, 0.25) is 0 Å². The van der Waals surface area contributed by atoms with Gasteiger partial charge >= 0.3 is 11.9 Å². The lowest BCUT2D eigenvalue weighted by molar-refractivity contribution is -0.151. The molecule has 0 aromatic carbocycles. The molecule has 2 aliphatic carbocycles. The van der Waals surface area contributed by atoms with Crippen molar-refractivity contribution in [3.63, 3.8) is 0 Å². The molecule has 3 aliphatic rings. The van der Waals surface area contributed by atoms with Gasteiger partial charge in [-0.3, -0.25) is 4.79 Å². The minimum Gasteiger partial charge on any atom is -0.458 e. The smallest absolute Gasteiger partial charge is 0.337 e. The fraction of sp³-hybridized carbons (Fsp3) is 0.739. The number of allylic oxidation sites excluding steroid dienone is 2. The summed E-state index contributed by atoms with van der Waals surface area (Å²) >= 11 is 0. The first kappa shape index (κ1) is 22.0. The van der Waals surface area contributed by atoms with E-state index in [2.05, 4.69) is 13.5 Å². The van der Waals surface area contributed by atoms with Crippen molar-refractivity contribution in [2.45, 2.75) is 71.5 Å². The minimum atomic E-state index is -0.647. The number of cyclic esters (lactones) is 1. The Hall–Kier alpha value is -1.66. The highest BCUT2D eigenvalue weighted by Crippen LogP contribution is 2.61. The summed E-state index contributed by atoms with van der Waals surface area (Å²) in [5.41, 5.74) is 0.892. The van der Waals surface area contributed by atoms with Gasteiger partial charge in [-0.15, -0.1) is 0 Å². The van der Waals surface area contributed by atoms with E-state index in [1.807, 2.05) is 13.0 Å². The lowest BCUT2D eigenvalue weighted by Gasteiger charge is -2.59. The molecule has 29 heavy (non-hydrogen) atoms. The van der Waals surface area contributed by atoms with Crippen LogP contribution in [0.5, 0.6) is 0 Å².